The van der Waals surface area contributed by atoms with Gasteiger partial charge in [-0.3, -0.25) is 0 Å². The summed E-state index contributed by atoms with van der Waals surface area (Å²) in [5, 5.41) is 6.34. The number of benzene rings is 1. The largest absolute Gasteiger partial charge is 0.495 e. The molecule has 142 valence electrons. The first-order valence-corrected chi connectivity index (χ1v) is 9.37. The Morgan fingerprint density at radius 2 is 1.88 bits per heavy atom. The molecule has 1 rings (SSSR count). The number of anilines is 1. The molecule has 6 heteroatoms. The summed E-state index contributed by atoms with van der Waals surface area (Å²) in [5.74, 6) is 1.47. The minimum atomic E-state index is -0.489. The smallest absolute Gasteiger partial charge is 0.407 e. The zero-order valence-electron chi connectivity index (χ0n) is 16.3. The third-order valence-electron chi connectivity index (χ3n) is 3.88. The van der Waals surface area contributed by atoms with Crippen LogP contribution < -0.4 is 15.4 Å². The maximum absolute atomic E-state index is 11.9. The van der Waals surface area contributed by atoms with Crippen LogP contribution in [-0.2, 0) is 4.74 Å². The maximum atomic E-state index is 11.9. The highest BCUT2D eigenvalue weighted by Crippen LogP contribution is 2.32. The van der Waals surface area contributed by atoms with Crippen LogP contribution in [0.2, 0.25) is 0 Å². The van der Waals surface area contributed by atoms with Gasteiger partial charge in [-0.1, -0.05) is 29.8 Å². The highest BCUT2D eigenvalue weighted by Gasteiger charge is 2.20. The number of methoxy groups -OCH3 is 1. The first kappa shape index (κ1) is 21.6. The van der Waals surface area contributed by atoms with E-state index >= 15 is 0 Å². The first-order valence-electron chi connectivity index (χ1n) is 8.58. The molecule has 0 spiro atoms. The zero-order valence-corrected chi connectivity index (χ0v) is 17.9. The summed E-state index contributed by atoms with van der Waals surface area (Å²) in [6.07, 6.45) is -0.379. The number of hydrogen-bond donors (Lipinski definition) is 2. The number of hydrogen-bond acceptors (Lipinski definition) is 4. The van der Waals surface area contributed by atoms with Crippen LogP contribution in [0.15, 0.2) is 16.6 Å². The van der Waals surface area contributed by atoms with Gasteiger partial charge in [0.25, 0.3) is 0 Å². The number of alkyl carbamates (subject to hydrolysis) is 1. The van der Waals surface area contributed by atoms with Crippen molar-refractivity contribution in [2.45, 2.75) is 47.1 Å². The quantitative estimate of drug-likeness (QED) is 0.660. The fraction of sp³-hybridized carbons (Fsp3) is 0.632. The molecule has 25 heavy (non-hydrogen) atoms. The molecule has 0 fully saturated rings. The Hall–Kier alpha value is -1.43. The molecule has 0 heterocycles. The predicted molar refractivity (Wildman–Crippen MR) is 106 cm³/mol. The van der Waals surface area contributed by atoms with E-state index in [1.165, 1.54) is 0 Å². The van der Waals surface area contributed by atoms with E-state index in [1.54, 1.807) is 7.11 Å². The Bertz CT molecular complexity index is 583. The van der Waals surface area contributed by atoms with Crippen molar-refractivity contribution in [1.29, 1.82) is 0 Å². The Balaban J connectivity index is 2.70. The van der Waals surface area contributed by atoms with E-state index < -0.39 is 5.60 Å². The SMILES string of the molecule is COc1cc(Br)cc(C)c1NCC(CNC(=O)OC(C)(C)C)C(C)C. The number of halogens is 1. The third-order valence-corrected chi connectivity index (χ3v) is 4.33. The van der Waals surface area contributed by atoms with Crippen LogP contribution in [0.4, 0.5) is 10.5 Å². The van der Waals surface area contributed by atoms with Gasteiger partial charge in [-0.2, -0.15) is 0 Å². The van der Waals surface area contributed by atoms with Gasteiger partial charge in [0.2, 0.25) is 0 Å². The molecular weight excluding hydrogens is 384 g/mol. The van der Waals surface area contributed by atoms with E-state index in [-0.39, 0.29) is 12.0 Å². The van der Waals surface area contributed by atoms with E-state index in [0.717, 1.165) is 28.0 Å². The van der Waals surface area contributed by atoms with E-state index in [9.17, 15) is 4.79 Å². The number of nitrogens with one attached hydrogen (secondary N) is 2. The van der Waals surface area contributed by atoms with Gasteiger partial charge < -0.3 is 20.1 Å². The van der Waals surface area contributed by atoms with Crippen molar-refractivity contribution in [1.82, 2.24) is 5.32 Å². The molecule has 0 aromatic heterocycles. The lowest BCUT2D eigenvalue weighted by molar-refractivity contribution is 0.0516. The molecule has 1 aromatic rings. The maximum Gasteiger partial charge on any atom is 0.407 e. The monoisotopic (exact) mass is 414 g/mol. The van der Waals surface area contributed by atoms with Crippen LogP contribution in [0.5, 0.6) is 5.75 Å². The van der Waals surface area contributed by atoms with E-state index in [1.807, 2.05) is 39.8 Å². The standard InChI is InChI=1S/C19H31BrN2O3/c1-12(2)14(11-22-18(23)25-19(4,5)6)10-21-17-13(3)8-15(20)9-16(17)24-7/h8-9,12,14,21H,10-11H2,1-7H3,(H,22,23). The van der Waals surface area contributed by atoms with Crippen molar-refractivity contribution in [3.05, 3.63) is 22.2 Å². The Morgan fingerprint density at radius 3 is 2.40 bits per heavy atom. The third kappa shape index (κ3) is 7.55. The van der Waals surface area contributed by atoms with Gasteiger partial charge in [-0.05, 0) is 57.2 Å². The molecule has 2 N–H and O–H groups in total. The topological polar surface area (TPSA) is 59.6 Å². The number of aryl methyl sites for hydroxylation is 1. The molecule has 0 aliphatic heterocycles. The highest BCUT2D eigenvalue weighted by molar-refractivity contribution is 9.10. The zero-order chi connectivity index (χ0) is 19.2. The first-order chi connectivity index (χ1) is 11.5. The summed E-state index contributed by atoms with van der Waals surface area (Å²) in [7, 11) is 1.66. The van der Waals surface area contributed by atoms with Crippen molar-refractivity contribution >= 4 is 27.7 Å². The Labute approximate surface area is 160 Å². The van der Waals surface area contributed by atoms with E-state index in [4.69, 9.17) is 9.47 Å². The van der Waals surface area contributed by atoms with E-state index in [0.29, 0.717) is 12.5 Å². The fourth-order valence-electron chi connectivity index (χ4n) is 2.41. The highest BCUT2D eigenvalue weighted by atomic mass is 79.9. The predicted octanol–water partition coefficient (Wildman–Crippen LogP) is 4.97. The molecule has 1 aromatic carbocycles. The van der Waals surface area contributed by atoms with Crippen LogP contribution in [-0.4, -0.2) is 31.9 Å². The molecular formula is C19H31BrN2O3. The Morgan fingerprint density at radius 1 is 1.24 bits per heavy atom. The number of ether oxygens (including phenoxy) is 2. The minimum absolute atomic E-state index is 0.264. The van der Waals surface area contributed by atoms with Crippen LogP contribution in [0.1, 0.15) is 40.2 Å². The number of rotatable bonds is 7. The molecule has 0 saturated carbocycles. The summed E-state index contributed by atoms with van der Waals surface area (Å²) < 4.78 is 11.8. The minimum Gasteiger partial charge on any atom is -0.495 e. The van der Waals surface area contributed by atoms with Gasteiger partial charge in [-0.15, -0.1) is 0 Å². The molecule has 0 bridgehead atoms. The lowest BCUT2D eigenvalue weighted by Gasteiger charge is -2.25. The van der Waals surface area contributed by atoms with Gasteiger partial charge in [0.1, 0.15) is 11.4 Å². The van der Waals surface area contributed by atoms with Crippen LogP contribution in [0.3, 0.4) is 0 Å². The molecule has 0 aliphatic carbocycles. The molecule has 0 aliphatic rings. The van der Waals surface area contributed by atoms with Crippen molar-refractivity contribution in [3.63, 3.8) is 0 Å². The van der Waals surface area contributed by atoms with Crippen molar-refractivity contribution < 1.29 is 14.3 Å². The van der Waals surface area contributed by atoms with Crippen LogP contribution in [0.25, 0.3) is 0 Å². The average Bonchev–Trinajstić information content (AvgIpc) is 2.45. The van der Waals surface area contributed by atoms with Crippen molar-refractivity contribution in [3.8, 4) is 5.75 Å². The lowest BCUT2D eigenvalue weighted by Crippen LogP contribution is -2.38. The van der Waals surface area contributed by atoms with Crippen molar-refractivity contribution in [2.24, 2.45) is 11.8 Å². The van der Waals surface area contributed by atoms with Gasteiger partial charge in [0.05, 0.1) is 12.8 Å². The summed E-state index contributed by atoms with van der Waals surface area (Å²) >= 11 is 3.49. The fourth-order valence-corrected chi connectivity index (χ4v) is 2.96. The molecule has 5 nitrogen and oxygen atoms in total. The lowest BCUT2D eigenvalue weighted by atomic mass is 9.95. The second kappa shape index (κ2) is 9.32. The molecule has 1 amide bonds. The van der Waals surface area contributed by atoms with Gasteiger partial charge >= 0.3 is 6.09 Å². The number of carbonyl (C=O) groups excluding carboxylic acids is 1. The second-order valence-corrected chi connectivity index (χ2v) is 8.48. The average molecular weight is 415 g/mol. The normalized spacial score (nSPS) is 12.7. The van der Waals surface area contributed by atoms with Crippen LogP contribution >= 0.6 is 15.9 Å². The second-order valence-electron chi connectivity index (χ2n) is 7.57. The van der Waals surface area contributed by atoms with Crippen LogP contribution in [0, 0.1) is 18.8 Å². The summed E-state index contributed by atoms with van der Waals surface area (Å²) in [6, 6.07) is 3.99. The number of carbonyl (C=O) groups is 1. The molecule has 0 radical (unpaired) electrons. The summed E-state index contributed by atoms with van der Waals surface area (Å²) in [5.41, 5.74) is 1.60. The summed E-state index contributed by atoms with van der Waals surface area (Å²) in [4.78, 5) is 11.9. The summed E-state index contributed by atoms with van der Waals surface area (Å²) in [6.45, 7) is 13.2. The van der Waals surface area contributed by atoms with Gasteiger partial charge in [0, 0.05) is 17.6 Å². The molecule has 1 unspecified atom stereocenters. The van der Waals surface area contributed by atoms with Crippen molar-refractivity contribution in [2.75, 3.05) is 25.5 Å². The Kier molecular flexibility index (Phi) is 8.06. The number of amides is 1. The van der Waals surface area contributed by atoms with E-state index in [2.05, 4.69) is 40.4 Å². The molecule has 1 atom stereocenters. The van der Waals surface area contributed by atoms with Gasteiger partial charge in [0.15, 0.2) is 0 Å². The van der Waals surface area contributed by atoms with Gasteiger partial charge in [-0.25, -0.2) is 4.79 Å². The molecule has 0 saturated heterocycles.